The number of carbonyl (C=O) groups is 2. The first kappa shape index (κ1) is 18.1. The number of carbonyl (C=O) groups excluding carboxylic acids is 2. The molecule has 3 rings (SSSR count). The number of aromatic nitrogens is 3. The van der Waals surface area contributed by atoms with E-state index in [2.05, 4.69) is 20.7 Å². The van der Waals surface area contributed by atoms with Crippen molar-refractivity contribution in [2.45, 2.75) is 6.92 Å². The fourth-order valence-electron chi connectivity index (χ4n) is 2.49. The molecule has 136 valence electrons. The number of nitrogens with zero attached hydrogens (tertiary/aromatic N) is 3. The van der Waals surface area contributed by atoms with Crippen LogP contribution in [0.4, 0.5) is 5.69 Å². The van der Waals surface area contributed by atoms with Crippen LogP contribution in [0, 0.1) is 6.92 Å². The van der Waals surface area contributed by atoms with Crippen LogP contribution in [-0.4, -0.2) is 33.6 Å². The van der Waals surface area contributed by atoms with Crippen molar-refractivity contribution in [1.82, 2.24) is 20.1 Å². The van der Waals surface area contributed by atoms with Gasteiger partial charge in [-0.1, -0.05) is 12.1 Å². The highest BCUT2D eigenvalue weighted by atomic mass is 16.2. The molecule has 0 aliphatic carbocycles. The molecule has 0 bridgehead atoms. The Labute approximate surface area is 156 Å². The van der Waals surface area contributed by atoms with Crippen LogP contribution in [0.15, 0.2) is 61.1 Å². The Morgan fingerprint density at radius 3 is 2.70 bits per heavy atom. The van der Waals surface area contributed by atoms with Gasteiger partial charge in [-0.3, -0.25) is 14.6 Å². The average molecular weight is 361 g/mol. The van der Waals surface area contributed by atoms with E-state index in [4.69, 9.17) is 0 Å². The minimum absolute atomic E-state index is 0.231. The van der Waals surface area contributed by atoms with Gasteiger partial charge < -0.3 is 10.6 Å². The number of nitrogens with one attached hydrogen (secondary N) is 2. The third kappa shape index (κ3) is 4.46. The molecule has 1 aromatic carbocycles. The number of hydrogen-bond acceptors (Lipinski definition) is 4. The first-order chi connectivity index (χ1) is 13.1. The van der Waals surface area contributed by atoms with Gasteiger partial charge in [-0.2, -0.15) is 5.10 Å². The van der Waals surface area contributed by atoms with Crippen molar-refractivity contribution < 1.29 is 9.59 Å². The van der Waals surface area contributed by atoms with E-state index < -0.39 is 0 Å². The van der Waals surface area contributed by atoms with Crippen molar-refractivity contribution in [3.63, 3.8) is 0 Å². The van der Waals surface area contributed by atoms with Gasteiger partial charge in [0.1, 0.15) is 0 Å². The number of anilines is 1. The highest BCUT2D eigenvalue weighted by molar-refractivity contribution is 6.03. The highest BCUT2D eigenvalue weighted by Gasteiger charge is 2.08. The Morgan fingerprint density at radius 2 is 1.96 bits per heavy atom. The van der Waals surface area contributed by atoms with E-state index in [1.165, 1.54) is 12.3 Å². The van der Waals surface area contributed by atoms with E-state index >= 15 is 0 Å². The summed E-state index contributed by atoms with van der Waals surface area (Å²) in [7, 11) is 1.55. The first-order valence-electron chi connectivity index (χ1n) is 8.34. The lowest BCUT2D eigenvalue weighted by Gasteiger charge is -2.09. The molecule has 0 saturated carbocycles. The fourth-order valence-corrected chi connectivity index (χ4v) is 2.49. The summed E-state index contributed by atoms with van der Waals surface area (Å²) in [6.45, 7) is 1.90. The van der Waals surface area contributed by atoms with Crippen LogP contribution < -0.4 is 10.6 Å². The third-order valence-electron chi connectivity index (χ3n) is 3.81. The lowest BCUT2D eigenvalue weighted by atomic mass is 10.2. The molecule has 0 aliphatic rings. The van der Waals surface area contributed by atoms with Crippen LogP contribution in [-0.2, 0) is 4.79 Å². The summed E-state index contributed by atoms with van der Waals surface area (Å²) >= 11 is 0. The van der Waals surface area contributed by atoms with Crippen molar-refractivity contribution in [3.8, 4) is 5.69 Å². The lowest BCUT2D eigenvalue weighted by Crippen LogP contribution is -2.17. The van der Waals surface area contributed by atoms with E-state index in [1.54, 1.807) is 30.1 Å². The topological polar surface area (TPSA) is 88.9 Å². The average Bonchev–Trinajstić information content (AvgIpc) is 3.12. The molecule has 0 unspecified atom stereocenters. The van der Waals surface area contributed by atoms with Gasteiger partial charge in [-0.25, -0.2) is 4.68 Å². The molecule has 0 saturated heterocycles. The third-order valence-corrected chi connectivity index (χ3v) is 3.81. The van der Waals surface area contributed by atoms with Crippen LogP contribution in [0.5, 0.6) is 0 Å². The molecule has 2 aromatic heterocycles. The number of benzene rings is 1. The summed E-state index contributed by atoms with van der Waals surface area (Å²) in [5, 5.41) is 9.77. The zero-order valence-corrected chi connectivity index (χ0v) is 15.0. The van der Waals surface area contributed by atoms with Crippen LogP contribution in [0.3, 0.4) is 0 Å². The predicted molar refractivity (Wildman–Crippen MR) is 104 cm³/mol. The van der Waals surface area contributed by atoms with Crippen molar-refractivity contribution in [2.75, 3.05) is 12.4 Å². The summed E-state index contributed by atoms with van der Waals surface area (Å²) in [4.78, 5) is 28.0. The van der Waals surface area contributed by atoms with Crippen LogP contribution in [0.2, 0.25) is 0 Å². The molecule has 0 radical (unpaired) electrons. The molecule has 2 heterocycles. The molecule has 0 atom stereocenters. The molecule has 2 amide bonds. The molecule has 3 aromatic rings. The Morgan fingerprint density at radius 1 is 1.15 bits per heavy atom. The number of hydrogen-bond donors (Lipinski definition) is 2. The van der Waals surface area contributed by atoms with Crippen molar-refractivity contribution in [3.05, 3.63) is 77.9 Å². The van der Waals surface area contributed by atoms with E-state index in [-0.39, 0.29) is 11.8 Å². The molecular formula is C20H19N5O2. The fraction of sp³-hybridized carbons (Fsp3) is 0.100. The minimum Gasteiger partial charge on any atom is -0.355 e. The number of pyridine rings is 1. The summed E-state index contributed by atoms with van der Waals surface area (Å²) in [5.74, 6) is -0.526. The zero-order valence-electron chi connectivity index (χ0n) is 15.0. The molecule has 7 heteroatoms. The summed E-state index contributed by atoms with van der Waals surface area (Å²) in [6.07, 6.45) is 7.90. The number of amides is 2. The number of para-hydroxylation sites is 2. The maximum absolute atomic E-state index is 12.3. The Hall–Kier alpha value is -3.74. The van der Waals surface area contributed by atoms with Crippen LogP contribution in [0.25, 0.3) is 11.8 Å². The Bertz CT molecular complexity index is 1010. The van der Waals surface area contributed by atoms with Crippen LogP contribution in [0.1, 0.15) is 21.6 Å². The largest absolute Gasteiger partial charge is 0.355 e. The molecule has 0 fully saturated rings. The van der Waals surface area contributed by atoms with Gasteiger partial charge in [0.05, 0.1) is 22.6 Å². The normalized spacial score (nSPS) is 10.7. The minimum atomic E-state index is -0.295. The molecular weight excluding hydrogens is 342 g/mol. The smallest absolute Gasteiger partial charge is 0.252 e. The summed E-state index contributed by atoms with van der Waals surface area (Å²) < 4.78 is 1.71. The van der Waals surface area contributed by atoms with Crippen molar-refractivity contribution in [2.24, 2.45) is 0 Å². The maximum Gasteiger partial charge on any atom is 0.252 e. The lowest BCUT2D eigenvalue weighted by molar-refractivity contribution is -0.111. The van der Waals surface area contributed by atoms with Crippen molar-refractivity contribution >= 4 is 23.6 Å². The molecule has 27 heavy (non-hydrogen) atoms. The standard InChI is InChI=1S/C20H19N5O2/c1-14-9-10-25(24-14)18-6-4-3-5-17(18)23-19(26)8-7-15-11-16(13-22-12-15)20(27)21-2/h3-13H,1-2H3,(H,21,27)(H,23,26). The zero-order chi connectivity index (χ0) is 19.2. The molecule has 0 aliphatic heterocycles. The van der Waals surface area contributed by atoms with Gasteiger partial charge in [0, 0.05) is 31.7 Å². The summed E-state index contributed by atoms with van der Waals surface area (Å²) in [5.41, 5.74) is 3.39. The Kier molecular flexibility index (Phi) is 5.41. The monoisotopic (exact) mass is 361 g/mol. The maximum atomic E-state index is 12.3. The van der Waals surface area contributed by atoms with Crippen LogP contribution >= 0.6 is 0 Å². The van der Waals surface area contributed by atoms with Gasteiger partial charge in [0.25, 0.3) is 5.91 Å². The second kappa shape index (κ2) is 8.09. The summed E-state index contributed by atoms with van der Waals surface area (Å²) in [6, 6.07) is 11.0. The number of rotatable bonds is 5. The second-order valence-electron chi connectivity index (χ2n) is 5.83. The molecule has 2 N–H and O–H groups in total. The number of aryl methyl sites for hydroxylation is 1. The van der Waals surface area contributed by atoms with E-state index in [0.717, 1.165) is 11.4 Å². The quantitative estimate of drug-likeness (QED) is 0.684. The van der Waals surface area contributed by atoms with E-state index in [1.807, 2.05) is 43.5 Å². The SMILES string of the molecule is CNC(=O)c1cncc(C=CC(=O)Nc2ccccc2-n2ccc(C)n2)c1. The Balaban J connectivity index is 1.75. The van der Waals surface area contributed by atoms with Gasteiger partial charge >= 0.3 is 0 Å². The molecule has 7 nitrogen and oxygen atoms in total. The van der Waals surface area contributed by atoms with Gasteiger partial charge in [0.15, 0.2) is 0 Å². The van der Waals surface area contributed by atoms with E-state index in [9.17, 15) is 9.59 Å². The van der Waals surface area contributed by atoms with E-state index in [0.29, 0.717) is 16.8 Å². The second-order valence-corrected chi connectivity index (χ2v) is 5.83. The van der Waals surface area contributed by atoms with Gasteiger partial charge in [-0.15, -0.1) is 0 Å². The predicted octanol–water partition coefficient (Wildman–Crippen LogP) is 2.59. The highest BCUT2D eigenvalue weighted by Crippen LogP contribution is 2.19. The van der Waals surface area contributed by atoms with Crippen molar-refractivity contribution in [1.29, 1.82) is 0 Å². The molecule has 0 spiro atoms. The van der Waals surface area contributed by atoms with Gasteiger partial charge in [-0.05, 0) is 42.8 Å². The first-order valence-corrected chi connectivity index (χ1v) is 8.34. The van der Waals surface area contributed by atoms with Gasteiger partial charge in [0.2, 0.25) is 5.91 Å².